The molecule has 0 radical (unpaired) electrons. The van der Waals surface area contributed by atoms with E-state index in [4.69, 9.17) is 0 Å². The molecule has 6 heteroatoms. The van der Waals surface area contributed by atoms with Crippen LogP contribution in [0.2, 0.25) is 0 Å². The number of hydrogen-bond donors (Lipinski definition) is 1. The molecule has 0 spiro atoms. The standard InChI is InChI=1S/C21H19FN2O3/c22-17-8-4-5-9-18(17)23-19(25)13-10-11-15-16(12-13)21(27)24(20(15)26)14-6-2-1-3-7-14/h4-5,8-12,14H,1-3,6-7H2,(H,23,25). The normalized spacial score (nSPS) is 17.1. The lowest BCUT2D eigenvalue weighted by Gasteiger charge is -2.29. The van der Waals surface area contributed by atoms with E-state index in [0.29, 0.717) is 5.56 Å². The van der Waals surface area contributed by atoms with Gasteiger partial charge in [0, 0.05) is 11.6 Å². The molecule has 27 heavy (non-hydrogen) atoms. The van der Waals surface area contributed by atoms with Crippen LogP contribution in [0.1, 0.15) is 63.2 Å². The van der Waals surface area contributed by atoms with E-state index in [9.17, 15) is 18.8 Å². The average Bonchev–Trinajstić information content (AvgIpc) is 2.94. The molecule has 1 fully saturated rings. The molecular formula is C21H19FN2O3. The van der Waals surface area contributed by atoms with Crippen LogP contribution in [0.4, 0.5) is 10.1 Å². The molecule has 0 unspecified atom stereocenters. The predicted octanol–water partition coefficient (Wildman–Crippen LogP) is 4.01. The first-order valence-corrected chi connectivity index (χ1v) is 9.14. The Bertz CT molecular complexity index is 935. The van der Waals surface area contributed by atoms with Gasteiger partial charge in [-0.15, -0.1) is 0 Å². The molecule has 1 aliphatic carbocycles. The SMILES string of the molecule is O=C(Nc1ccccc1F)c1ccc2c(c1)C(=O)N(C1CCCCC1)C2=O. The molecule has 0 atom stereocenters. The Balaban J connectivity index is 1.59. The van der Waals surface area contributed by atoms with Crippen LogP contribution in [0.3, 0.4) is 0 Å². The van der Waals surface area contributed by atoms with Crippen LogP contribution in [0.15, 0.2) is 42.5 Å². The van der Waals surface area contributed by atoms with Crippen LogP contribution in [-0.2, 0) is 0 Å². The van der Waals surface area contributed by atoms with E-state index in [-0.39, 0.29) is 34.7 Å². The third kappa shape index (κ3) is 3.12. The minimum Gasteiger partial charge on any atom is -0.319 e. The van der Waals surface area contributed by atoms with E-state index in [1.165, 1.54) is 41.3 Å². The Labute approximate surface area is 156 Å². The molecule has 5 nitrogen and oxygen atoms in total. The van der Waals surface area contributed by atoms with Gasteiger partial charge in [0.2, 0.25) is 0 Å². The van der Waals surface area contributed by atoms with Crippen LogP contribution < -0.4 is 5.32 Å². The number of carbonyl (C=O) groups excluding carboxylic acids is 3. The number of carbonyl (C=O) groups is 3. The maximum Gasteiger partial charge on any atom is 0.261 e. The Kier molecular flexibility index (Phi) is 4.48. The molecule has 0 bridgehead atoms. The van der Waals surface area contributed by atoms with Crippen LogP contribution in [0.5, 0.6) is 0 Å². The molecule has 1 aliphatic heterocycles. The van der Waals surface area contributed by atoms with Crippen molar-refractivity contribution < 1.29 is 18.8 Å². The van der Waals surface area contributed by atoms with Gasteiger partial charge < -0.3 is 5.32 Å². The van der Waals surface area contributed by atoms with Gasteiger partial charge >= 0.3 is 0 Å². The maximum atomic E-state index is 13.7. The molecule has 2 aromatic carbocycles. The number of amides is 3. The highest BCUT2D eigenvalue weighted by Gasteiger charge is 2.40. The first kappa shape index (κ1) is 17.4. The van der Waals surface area contributed by atoms with Gasteiger partial charge in [-0.2, -0.15) is 0 Å². The highest BCUT2D eigenvalue weighted by Crippen LogP contribution is 2.31. The number of hydrogen-bond acceptors (Lipinski definition) is 3. The van der Waals surface area contributed by atoms with Crippen LogP contribution >= 0.6 is 0 Å². The summed E-state index contributed by atoms with van der Waals surface area (Å²) >= 11 is 0. The van der Waals surface area contributed by atoms with Gasteiger partial charge in [0.1, 0.15) is 5.82 Å². The largest absolute Gasteiger partial charge is 0.319 e. The summed E-state index contributed by atoms with van der Waals surface area (Å²) < 4.78 is 13.7. The fourth-order valence-electron chi connectivity index (χ4n) is 3.83. The summed E-state index contributed by atoms with van der Waals surface area (Å²) in [6.07, 6.45) is 4.79. The van der Waals surface area contributed by atoms with Crippen molar-refractivity contribution in [3.8, 4) is 0 Å². The average molecular weight is 366 g/mol. The summed E-state index contributed by atoms with van der Waals surface area (Å²) in [7, 11) is 0. The quantitative estimate of drug-likeness (QED) is 0.835. The van der Waals surface area contributed by atoms with Gasteiger partial charge in [-0.1, -0.05) is 31.4 Å². The minimum atomic E-state index is -0.540. The number of rotatable bonds is 3. The molecule has 3 amide bonds. The number of nitrogens with zero attached hydrogens (tertiary/aromatic N) is 1. The Morgan fingerprint density at radius 1 is 0.963 bits per heavy atom. The van der Waals surface area contributed by atoms with Crippen LogP contribution in [-0.4, -0.2) is 28.7 Å². The van der Waals surface area contributed by atoms with Crippen LogP contribution in [0, 0.1) is 5.82 Å². The van der Waals surface area contributed by atoms with Crippen molar-refractivity contribution in [3.63, 3.8) is 0 Å². The number of fused-ring (bicyclic) bond motifs is 1. The second-order valence-electron chi connectivity index (χ2n) is 6.97. The number of para-hydroxylation sites is 1. The number of imide groups is 1. The van der Waals surface area contributed by atoms with E-state index in [0.717, 1.165) is 32.1 Å². The maximum absolute atomic E-state index is 13.7. The highest BCUT2D eigenvalue weighted by atomic mass is 19.1. The van der Waals surface area contributed by atoms with E-state index < -0.39 is 11.7 Å². The van der Waals surface area contributed by atoms with Crippen molar-refractivity contribution in [1.29, 1.82) is 0 Å². The van der Waals surface area contributed by atoms with E-state index in [2.05, 4.69) is 5.32 Å². The zero-order valence-electron chi connectivity index (χ0n) is 14.7. The fourth-order valence-corrected chi connectivity index (χ4v) is 3.83. The Morgan fingerprint density at radius 3 is 2.41 bits per heavy atom. The third-order valence-corrected chi connectivity index (χ3v) is 5.24. The van der Waals surface area contributed by atoms with Crippen molar-refractivity contribution in [2.45, 2.75) is 38.1 Å². The second-order valence-corrected chi connectivity index (χ2v) is 6.97. The molecule has 2 aliphatic rings. The molecule has 2 aromatic rings. The van der Waals surface area contributed by atoms with Gasteiger partial charge in [0.15, 0.2) is 0 Å². The molecule has 1 heterocycles. The van der Waals surface area contributed by atoms with Crippen molar-refractivity contribution in [1.82, 2.24) is 4.90 Å². The summed E-state index contributed by atoms with van der Waals surface area (Å²) in [5, 5.41) is 2.49. The number of benzene rings is 2. The molecule has 1 N–H and O–H groups in total. The second kappa shape index (κ2) is 6.95. The lowest BCUT2D eigenvalue weighted by Crippen LogP contribution is -2.40. The molecular weight excluding hydrogens is 347 g/mol. The lowest BCUT2D eigenvalue weighted by molar-refractivity contribution is 0.0549. The van der Waals surface area contributed by atoms with Crippen molar-refractivity contribution in [2.24, 2.45) is 0 Å². The number of anilines is 1. The van der Waals surface area contributed by atoms with E-state index in [1.54, 1.807) is 6.07 Å². The van der Waals surface area contributed by atoms with Crippen molar-refractivity contribution in [3.05, 3.63) is 65.0 Å². The van der Waals surface area contributed by atoms with Crippen molar-refractivity contribution in [2.75, 3.05) is 5.32 Å². The molecule has 4 rings (SSSR count). The third-order valence-electron chi connectivity index (χ3n) is 5.24. The minimum absolute atomic E-state index is 0.0641. The smallest absolute Gasteiger partial charge is 0.261 e. The van der Waals surface area contributed by atoms with Gasteiger partial charge in [0.05, 0.1) is 16.8 Å². The van der Waals surface area contributed by atoms with Crippen molar-refractivity contribution >= 4 is 23.4 Å². The molecule has 0 saturated heterocycles. The Morgan fingerprint density at radius 2 is 1.67 bits per heavy atom. The van der Waals surface area contributed by atoms with Gasteiger partial charge in [-0.25, -0.2) is 4.39 Å². The summed E-state index contributed by atoms with van der Waals surface area (Å²) in [4.78, 5) is 39.3. The number of halogens is 1. The zero-order chi connectivity index (χ0) is 19.0. The summed E-state index contributed by atoms with van der Waals surface area (Å²) in [5.74, 6) is -1.70. The first-order valence-electron chi connectivity index (χ1n) is 9.14. The Hall–Kier alpha value is -3.02. The summed E-state index contributed by atoms with van der Waals surface area (Å²) in [6.45, 7) is 0. The van der Waals surface area contributed by atoms with Gasteiger partial charge in [-0.05, 0) is 43.2 Å². The monoisotopic (exact) mass is 366 g/mol. The first-order chi connectivity index (χ1) is 13.1. The lowest BCUT2D eigenvalue weighted by atomic mass is 9.94. The number of nitrogens with one attached hydrogen (secondary N) is 1. The summed E-state index contributed by atoms with van der Waals surface area (Å²) in [5.41, 5.74) is 0.845. The van der Waals surface area contributed by atoms with E-state index >= 15 is 0 Å². The molecule has 1 saturated carbocycles. The topological polar surface area (TPSA) is 66.5 Å². The zero-order valence-corrected chi connectivity index (χ0v) is 14.7. The van der Waals surface area contributed by atoms with E-state index in [1.807, 2.05) is 0 Å². The fraction of sp³-hybridized carbons (Fsp3) is 0.286. The molecule has 138 valence electrons. The van der Waals surface area contributed by atoms with Gasteiger partial charge in [-0.3, -0.25) is 19.3 Å². The summed E-state index contributed by atoms with van der Waals surface area (Å²) in [6, 6.07) is 10.2. The van der Waals surface area contributed by atoms with Crippen LogP contribution in [0.25, 0.3) is 0 Å². The predicted molar refractivity (Wildman–Crippen MR) is 98.2 cm³/mol. The van der Waals surface area contributed by atoms with Gasteiger partial charge in [0.25, 0.3) is 17.7 Å². The highest BCUT2D eigenvalue weighted by molar-refractivity contribution is 6.22. The molecule has 0 aromatic heterocycles.